The van der Waals surface area contributed by atoms with Crippen molar-refractivity contribution in [1.82, 2.24) is 5.32 Å². The summed E-state index contributed by atoms with van der Waals surface area (Å²) in [5.41, 5.74) is 0. The van der Waals surface area contributed by atoms with E-state index in [1.807, 2.05) is 6.08 Å². The predicted molar refractivity (Wildman–Crippen MR) is 217 cm³/mol. The minimum Gasteiger partial charge on any atom is -0.394 e. The Morgan fingerprint density at radius 3 is 1.53 bits per heavy atom. The van der Waals surface area contributed by atoms with Crippen LogP contribution in [0, 0.1) is 0 Å². The molecule has 0 aliphatic carbocycles. The second-order valence-corrected chi connectivity index (χ2v) is 15.5. The molecular formula is C44H83NO8. The number of hydrogen-bond acceptors (Lipinski definition) is 8. The van der Waals surface area contributed by atoms with Crippen molar-refractivity contribution in [2.24, 2.45) is 0 Å². The molecule has 7 unspecified atom stereocenters. The molecule has 1 fully saturated rings. The van der Waals surface area contributed by atoms with Crippen molar-refractivity contribution in [2.75, 3.05) is 13.2 Å². The summed E-state index contributed by atoms with van der Waals surface area (Å²) in [6, 6.07) is -0.805. The van der Waals surface area contributed by atoms with Crippen LogP contribution in [0.2, 0.25) is 0 Å². The lowest BCUT2D eigenvalue weighted by Gasteiger charge is -2.40. The Balaban J connectivity index is 2.39. The van der Waals surface area contributed by atoms with Gasteiger partial charge in [-0.15, -0.1) is 0 Å². The highest BCUT2D eigenvalue weighted by atomic mass is 16.7. The van der Waals surface area contributed by atoms with Crippen LogP contribution in [0.25, 0.3) is 0 Å². The molecule has 1 aliphatic rings. The number of carbonyl (C=O) groups is 1. The molecule has 312 valence electrons. The number of carbonyl (C=O) groups excluding carboxylic acids is 1. The maximum Gasteiger partial charge on any atom is 0.220 e. The monoisotopic (exact) mass is 754 g/mol. The van der Waals surface area contributed by atoms with Gasteiger partial charge in [-0.1, -0.05) is 167 Å². The summed E-state index contributed by atoms with van der Waals surface area (Å²) in [7, 11) is 0. The average Bonchev–Trinajstić information content (AvgIpc) is 3.16. The highest BCUT2D eigenvalue weighted by Gasteiger charge is 2.44. The van der Waals surface area contributed by atoms with E-state index >= 15 is 0 Å². The van der Waals surface area contributed by atoms with Crippen LogP contribution in [-0.2, 0) is 14.3 Å². The molecule has 6 N–H and O–H groups in total. The fourth-order valence-electron chi connectivity index (χ4n) is 6.91. The number of unbranched alkanes of at least 4 members (excludes halogenated alkanes) is 24. The number of hydrogen-bond donors (Lipinski definition) is 6. The first kappa shape index (κ1) is 49.7. The number of ether oxygens (including phenoxy) is 2. The SMILES string of the molecule is CCCCCCCCC/C=C\CCCCCCCC(=O)NC(COC1OC(CO)C(O)C(O)C1O)C(O)/C=C/CCCCCCCCCCCCCC. The zero-order chi connectivity index (χ0) is 38.8. The topological polar surface area (TPSA) is 149 Å². The molecule has 1 aliphatic heterocycles. The Kier molecular flexibility index (Phi) is 32.9. The van der Waals surface area contributed by atoms with Crippen molar-refractivity contribution >= 4 is 5.91 Å². The van der Waals surface area contributed by atoms with E-state index in [-0.39, 0.29) is 12.5 Å². The Hall–Kier alpha value is -1.33. The van der Waals surface area contributed by atoms with E-state index in [0.717, 1.165) is 57.8 Å². The maximum absolute atomic E-state index is 12.9. The standard InChI is InChI=1S/C44H83NO8/c1-3-5-7-9-11-13-15-17-19-20-22-24-26-28-30-32-34-40(48)45-37(36-52-44-43(51)42(50)41(49)39(35-46)53-44)38(47)33-31-29-27-25-23-21-18-16-14-12-10-8-6-4-2/h19-20,31,33,37-39,41-44,46-47,49-51H,3-18,21-30,32,34-36H2,1-2H3,(H,45,48)/b20-19-,33-31+. The lowest BCUT2D eigenvalue weighted by molar-refractivity contribution is -0.302. The number of amides is 1. The molecule has 0 spiro atoms. The molecular weight excluding hydrogens is 670 g/mol. The molecule has 0 aromatic heterocycles. The summed E-state index contributed by atoms with van der Waals surface area (Å²) >= 11 is 0. The fourth-order valence-corrected chi connectivity index (χ4v) is 6.91. The second-order valence-electron chi connectivity index (χ2n) is 15.5. The minimum atomic E-state index is -1.56. The van der Waals surface area contributed by atoms with Gasteiger partial charge in [0, 0.05) is 6.42 Å². The number of allylic oxidation sites excluding steroid dienone is 3. The van der Waals surface area contributed by atoms with Crippen molar-refractivity contribution in [1.29, 1.82) is 0 Å². The van der Waals surface area contributed by atoms with Crippen LogP contribution in [-0.4, -0.2) is 87.5 Å². The van der Waals surface area contributed by atoms with Crippen molar-refractivity contribution in [2.45, 2.75) is 236 Å². The third kappa shape index (κ3) is 26.2. The van der Waals surface area contributed by atoms with E-state index in [1.165, 1.54) is 116 Å². The van der Waals surface area contributed by atoms with Gasteiger partial charge in [0.1, 0.15) is 24.4 Å². The zero-order valence-electron chi connectivity index (χ0n) is 34.0. The maximum atomic E-state index is 12.9. The van der Waals surface area contributed by atoms with Crippen molar-refractivity contribution in [3.05, 3.63) is 24.3 Å². The van der Waals surface area contributed by atoms with E-state index in [2.05, 4.69) is 31.3 Å². The van der Waals surface area contributed by atoms with Crippen LogP contribution < -0.4 is 5.32 Å². The summed E-state index contributed by atoms with van der Waals surface area (Å²) in [6.45, 7) is 3.76. The van der Waals surface area contributed by atoms with Gasteiger partial charge in [-0.25, -0.2) is 0 Å². The van der Waals surface area contributed by atoms with Gasteiger partial charge in [0.05, 0.1) is 25.4 Å². The second kappa shape index (κ2) is 35.1. The number of nitrogens with one attached hydrogen (secondary N) is 1. The van der Waals surface area contributed by atoms with E-state index in [1.54, 1.807) is 6.08 Å². The first-order valence-electron chi connectivity index (χ1n) is 22.1. The Labute approximate surface area is 324 Å². The molecule has 7 atom stereocenters. The molecule has 53 heavy (non-hydrogen) atoms. The largest absolute Gasteiger partial charge is 0.394 e. The van der Waals surface area contributed by atoms with E-state index in [9.17, 15) is 30.3 Å². The zero-order valence-corrected chi connectivity index (χ0v) is 34.0. The molecule has 0 bridgehead atoms. The smallest absolute Gasteiger partial charge is 0.220 e. The number of aliphatic hydroxyl groups is 5. The van der Waals surface area contributed by atoms with E-state index in [4.69, 9.17) is 9.47 Å². The summed E-state index contributed by atoms with van der Waals surface area (Å²) in [5.74, 6) is -0.186. The van der Waals surface area contributed by atoms with Gasteiger partial charge in [-0.05, 0) is 44.9 Å². The van der Waals surface area contributed by atoms with Crippen LogP contribution in [0.1, 0.15) is 194 Å². The third-order valence-corrected chi connectivity index (χ3v) is 10.5. The van der Waals surface area contributed by atoms with Gasteiger partial charge in [0.25, 0.3) is 0 Å². The van der Waals surface area contributed by atoms with E-state index < -0.39 is 49.5 Å². The molecule has 1 amide bonds. The molecule has 1 saturated heterocycles. The predicted octanol–water partition coefficient (Wildman–Crippen LogP) is 8.72. The van der Waals surface area contributed by atoms with Gasteiger partial charge < -0.3 is 40.3 Å². The van der Waals surface area contributed by atoms with Crippen LogP contribution in [0.5, 0.6) is 0 Å². The van der Waals surface area contributed by atoms with Crippen LogP contribution >= 0.6 is 0 Å². The summed E-state index contributed by atoms with van der Waals surface area (Å²) in [5, 5.41) is 54.1. The lowest BCUT2D eigenvalue weighted by atomic mass is 9.99. The van der Waals surface area contributed by atoms with Gasteiger partial charge in [-0.2, -0.15) is 0 Å². The lowest BCUT2D eigenvalue weighted by Crippen LogP contribution is -2.60. The molecule has 0 aromatic carbocycles. The molecule has 0 saturated carbocycles. The molecule has 0 radical (unpaired) electrons. The van der Waals surface area contributed by atoms with Crippen LogP contribution in [0.15, 0.2) is 24.3 Å². The molecule has 1 heterocycles. The normalized spacial score (nSPS) is 21.8. The van der Waals surface area contributed by atoms with Gasteiger partial charge in [0.2, 0.25) is 5.91 Å². The molecule has 9 heteroatoms. The first-order chi connectivity index (χ1) is 25.8. The Morgan fingerprint density at radius 1 is 0.623 bits per heavy atom. The van der Waals surface area contributed by atoms with Crippen molar-refractivity contribution in [3.63, 3.8) is 0 Å². The van der Waals surface area contributed by atoms with Gasteiger partial charge >= 0.3 is 0 Å². The molecule has 0 aromatic rings. The van der Waals surface area contributed by atoms with Crippen LogP contribution in [0.3, 0.4) is 0 Å². The third-order valence-electron chi connectivity index (χ3n) is 10.5. The highest BCUT2D eigenvalue weighted by molar-refractivity contribution is 5.76. The average molecular weight is 754 g/mol. The van der Waals surface area contributed by atoms with Gasteiger partial charge in [-0.3, -0.25) is 4.79 Å². The number of aliphatic hydroxyl groups excluding tert-OH is 5. The van der Waals surface area contributed by atoms with Crippen LogP contribution in [0.4, 0.5) is 0 Å². The molecule has 9 nitrogen and oxygen atoms in total. The first-order valence-corrected chi connectivity index (χ1v) is 22.1. The fraction of sp³-hybridized carbons (Fsp3) is 0.886. The van der Waals surface area contributed by atoms with Gasteiger partial charge in [0.15, 0.2) is 6.29 Å². The molecule has 1 rings (SSSR count). The Morgan fingerprint density at radius 2 is 1.06 bits per heavy atom. The minimum absolute atomic E-state index is 0.186. The Bertz CT molecular complexity index is 883. The summed E-state index contributed by atoms with van der Waals surface area (Å²) in [6.07, 6.45) is 33.5. The highest BCUT2D eigenvalue weighted by Crippen LogP contribution is 2.22. The number of rotatable bonds is 36. The van der Waals surface area contributed by atoms with E-state index in [0.29, 0.717) is 6.42 Å². The quantitative estimate of drug-likeness (QED) is 0.0275. The van der Waals surface area contributed by atoms with Crippen molar-refractivity contribution < 1.29 is 39.8 Å². The van der Waals surface area contributed by atoms with Crippen molar-refractivity contribution in [3.8, 4) is 0 Å². The summed E-state index contributed by atoms with van der Waals surface area (Å²) in [4.78, 5) is 12.9. The summed E-state index contributed by atoms with van der Waals surface area (Å²) < 4.78 is 11.2.